The number of hydrogen-bond acceptors (Lipinski definition) is 2. The Balaban J connectivity index is 1.62. The number of hydrogen-bond donors (Lipinski definition) is 1. The van der Waals surface area contributed by atoms with Gasteiger partial charge in [-0.05, 0) is 36.5 Å². The summed E-state index contributed by atoms with van der Waals surface area (Å²) in [6.45, 7) is 0. The number of nitrogens with one attached hydrogen (secondary N) is 1. The van der Waals surface area contributed by atoms with Gasteiger partial charge in [-0.1, -0.05) is 30.3 Å². The lowest BCUT2D eigenvalue weighted by Gasteiger charge is -2.02. The molecule has 3 nitrogen and oxygen atoms in total. The second kappa shape index (κ2) is 5.00. The third-order valence-electron chi connectivity index (χ3n) is 3.05. The van der Waals surface area contributed by atoms with Crippen LogP contribution in [0.25, 0.3) is 11.2 Å². The predicted octanol–water partition coefficient (Wildman–Crippen LogP) is 2.93. The van der Waals surface area contributed by atoms with Crippen molar-refractivity contribution in [1.82, 2.24) is 15.0 Å². The van der Waals surface area contributed by atoms with Crippen molar-refractivity contribution >= 4 is 11.2 Å². The molecule has 3 aromatic rings. The number of rotatable bonds is 4. The molecular weight excluding hydrogens is 222 g/mol. The fraction of sp³-hybridized carbons (Fsp3) is 0.200. The number of benzene rings is 1. The number of H-pyrrole nitrogens is 1. The molecule has 0 saturated heterocycles. The summed E-state index contributed by atoms with van der Waals surface area (Å²) in [5, 5.41) is 0. The van der Waals surface area contributed by atoms with Crippen molar-refractivity contribution in [2.45, 2.75) is 19.3 Å². The number of pyridine rings is 1. The Morgan fingerprint density at radius 3 is 2.78 bits per heavy atom. The molecule has 2 aromatic heterocycles. The third-order valence-corrected chi connectivity index (χ3v) is 3.05. The first-order valence-electron chi connectivity index (χ1n) is 6.16. The molecule has 0 atom stereocenters. The second-order valence-corrected chi connectivity index (χ2v) is 4.40. The van der Waals surface area contributed by atoms with E-state index in [1.165, 1.54) is 11.1 Å². The molecule has 3 heteroatoms. The first-order chi connectivity index (χ1) is 8.92. The van der Waals surface area contributed by atoms with Crippen LogP contribution in [0.3, 0.4) is 0 Å². The third kappa shape index (κ3) is 2.40. The van der Waals surface area contributed by atoms with Crippen LogP contribution >= 0.6 is 0 Å². The predicted molar refractivity (Wildman–Crippen MR) is 71.2 cm³/mol. The van der Waals surface area contributed by atoms with Crippen molar-refractivity contribution in [1.29, 1.82) is 0 Å². The monoisotopic (exact) mass is 236 g/mol. The number of fused-ring (bicyclic) bond motifs is 1. The number of aromatic amines is 1. The average Bonchev–Trinajstić information content (AvgIpc) is 2.87. The van der Waals surface area contributed by atoms with Crippen LogP contribution in [0.2, 0.25) is 0 Å². The van der Waals surface area contributed by atoms with Gasteiger partial charge in [0.25, 0.3) is 0 Å². The standard InChI is InChI=1S/C15H14N3/c1-2-5-12(6-3-1)7-4-8-13-9-14-15(16-10-13)18-11-17-14/h1-3,5-6,9-10H,4,7-8H2,(H,16,17,18). The fourth-order valence-electron chi connectivity index (χ4n) is 2.10. The van der Waals surface area contributed by atoms with Crippen molar-refractivity contribution in [2.24, 2.45) is 0 Å². The maximum Gasteiger partial charge on any atom is 0.175 e. The molecule has 2 heterocycles. The van der Waals surface area contributed by atoms with E-state index < -0.39 is 0 Å². The minimum atomic E-state index is 0.807. The number of nitrogens with zero attached hydrogens (tertiary/aromatic N) is 2. The molecule has 0 aliphatic rings. The molecule has 0 aliphatic carbocycles. The summed E-state index contributed by atoms with van der Waals surface area (Å²) < 4.78 is 0. The van der Waals surface area contributed by atoms with Crippen molar-refractivity contribution < 1.29 is 0 Å². The highest BCUT2D eigenvalue weighted by molar-refractivity contribution is 5.69. The molecule has 0 bridgehead atoms. The van der Waals surface area contributed by atoms with E-state index in [1.807, 2.05) is 6.20 Å². The highest BCUT2D eigenvalue weighted by atomic mass is 14.9. The van der Waals surface area contributed by atoms with E-state index in [1.54, 1.807) is 0 Å². The molecule has 0 amide bonds. The van der Waals surface area contributed by atoms with Crippen LogP contribution in [0.15, 0.2) is 42.6 Å². The molecule has 1 radical (unpaired) electrons. The van der Waals surface area contributed by atoms with E-state index in [9.17, 15) is 0 Å². The molecular formula is C15H14N3. The lowest BCUT2D eigenvalue weighted by Crippen LogP contribution is -1.91. The Morgan fingerprint density at radius 1 is 1.06 bits per heavy atom. The molecule has 18 heavy (non-hydrogen) atoms. The quantitative estimate of drug-likeness (QED) is 0.756. The largest absolute Gasteiger partial charge is 0.320 e. The summed E-state index contributed by atoms with van der Waals surface area (Å²) in [4.78, 5) is 11.3. The Morgan fingerprint density at radius 2 is 1.89 bits per heavy atom. The van der Waals surface area contributed by atoms with Crippen LogP contribution < -0.4 is 0 Å². The average molecular weight is 236 g/mol. The van der Waals surface area contributed by atoms with E-state index in [0.717, 1.165) is 30.4 Å². The molecule has 0 saturated carbocycles. The smallest absolute Gasteiger partial charge is 0.175 e. The van der Waals surface area contributed by atoms with E-state index in [-0.39, 0.29) is 0 Å². The fourth-order valence-corrected chi connectivity index (χ4v) is 2.10. The zero-order valence-electron chi connectivity index (χ0n) is 10.1. The lowest BCUT2D eigenvalue weighted by atomic mass is 10.1. The van der Waals surface area contributed by atoms with Crippen molar-refractivity contribution in [3.8, 4) is 0 Å². The number of imidazole rings is 1. The molecule has 0 fully saturated rings. The highest BCUT2D eigenvalue weighted by Crippen LogP contribution is 2.11. The van der Waals surface area contributed by atoms with E-state index >= 15 is 0 Å². The first kappa shape index (κ1) is 11.0. The summed E-state index contributed by atoms with van der Waals surface area (Å²) in [6, 6.07) is 12.6. The molecule has 0 spiro atoms. The van der Waals surface area contributed by atoms with E-state index in [4.69, 9.17) is 0 Å². The van der Waals surface area contributed by atoms with E-state index in [2.05, 4.69) is 57.7 Å². The van der Waals surface area contributed by atoms with Gasteiger partial charge in [-0.15, -0.1) is 0 Å². The van der Waals surface area contributed by atoms with Gasteiger partial charge in [-0.2, -0.15) is 0 Å². The summed E-state index contributed by atoms with van der Waals surface area (Å²) in [7, 11) is 0. The minimum Gasteiger partial charge on any atom is -0.320 e. The Bertz CT molecular complexity index is 628. The maximum absolute atomic E-state index is 4.32. The Hall–Kier alpha value is -2.16. The first-order valence-corrected chi connectivity index (χ1v) is 6.16. The van der Waals surface area contributed by atoms with Crippen LogP contribution in [0, 0.1) is 6.33 Å². The van der Waals surface area contributed by atoms with Gasteiger partial charge >= 0.3 is 0 Å². The van der Waals surface area contributed by atoms with Crippen LogP contribution in [-0.2, 0) is 12.8 Å². The molecule has 0 unspecified atom stereocenters. The van der Waals surface area contributed by atoms with E-state index in [0.29, 0.717) is 0 Å². The van der Waals surface area contributed by atoms with Gasteiger partial charge in [0, 0.05) is 6.20 Å². The van der Waals surface area contributed by atoms with Crippen molar-refractivity contribution in [3.05, 3.63) is 60.0 Å². The van der Waals surface area contributed by atoms with Gasteiger partial charge in [-0.3, -0.25) is 0 Å². The highest BCUT2D eigenvalue weighted by Gasteiger charge is 2.00. The van der Waals surface area contributed by atoms with Crippen LogP contribution in [0.1, 0.15) is 17.5 Å². The summed E-state index contributed by atoms with van der Waals surface area (Å²) in [5.74, 6) is 0. The van der Waals surface area contributed by atoms with Gasteiger partial charge < -0.3 is 4.98 Å². The molecule has 3 rings (SSSR count). The van der Waals surface area contributed by atoms with Gasteiger partial charge in [-0.25, -0.2) is 9.97 Å². The summed E-state index contributed by atoms with van der Waals surface area (Å²) in [5.41, 5.74) is 4.33. The van der Waals surface area contributed by atoms with Gasteiger partial charge in [0.1, 0.15) is 5.52 Å². The van der Waals surface area contributed by atoms with Crippen LogP contribution in [0.5, 0.6) is 0 Å². The topological polar surface area (TPSA) is 41.6 Å². The number of aryl methyl sites for hydroxylation is 2. The molecule has 0 aliphatic heterocycles. The SMILES string of the molecule is [c]1nc2cc(CCCc3ccccc3)cnc2[nH]1. The van der Waals surface area contributed by atoms with Crippen molar-refractivity contribution in [3.63, 3.8) is 0 Å². The minimum absolute atomic E-state index is 0.807. The maximum atomic E-state index is 4.32. The Kier molecular flexibility index (Phi) is 3.05. The van der Waals surface area contributed by atoms with Crippen LogP contribution in [0.4, 0.5) is 0 Å². The normalized spacial score (nSPS) is 10.9. The second-order valence-electron chi connectivity index (χ2n) is 4.40. The Labute approximate surface area is 106 Å². The number of aromatic nitrogens is 3. The summed E-state index contributed by atoms with van der Waals surface area (Å²) >= 11 is 0. The summed E-state index contributed by atoms with van der Waals surface area (Å²) in [6.07, 6.45) is 7.89. The molecule has 1 aromatic carbocycles. The van der Waals surface area contributed by atoms with Gasteiger partial charge in [0.05, 0.1) is 0 Å². The van der Waals surface area contributed by atoms with Gasteiger partial charge in [0.15, 0.2) is 12.0 Å². The van der Waals surface area contributed by atoms with Gasteiger partial charge in [0.2, 0.25) is 0 Å². The lowest BCUT2D eigenvalue weighted by molar-refractivity contribution is 0.818. The zero-order chi connectivity index (χ0) is 12.2. The van der Waals surface area contributed by atoms with Crippen molar-refractivity contribution in [2.75, 3.05) is 0 Å². The zero-order valence-corrected chi connectivity index (χ0v) is 10.1. The van der Waals surface area contributed by atoms with Crippen LogP contribution in [-0.4, -0.2) is 15.0 Å². The molecule has 89 valence electrons. The molecule has 1 N–H and O–H groups in total.